The van der Waals surface area contributed by atoms with Crippen molar-refractivity contribution in [2.24, 2.45) is 0 Å². The van der Waals surface area contributed by atoms with E-state index in [9.17, 15) is 18.0 Å². The average Bonchev–Trinajstić information content (AvgIpc) is 3.13. The van der Waals surface area contributed by atoms with Gasteiger partial charge in [0.05, 0.1) is 29.3 Å². The van der Waals surface area contributed by atoms with Gasteiger partial charge in [0.15, 0.2) is 11.3 Å². The molecule has 0 aliphatic rings. The Morgan fingerprint density at radius 2 is 1.90 bits per heavy atom. The lowest BCUT2D eigenvalue weighted by Gasteiger charge is -2.13. The second kappa shape index (κ2) is 7.01. The van der Waals surface area contributed by atoms with E-state index in [0.29, 0.717) is 16.9 Å². The number of hydrogen-bond acceptors (Lipinski definition) is 4. The first-order valence-corrected chi connectivity index (χ1v) is 8.58. The number of carbonyl (C=O) groups excluding carboxylic acids is 1. The standard InChI is InChI=1S/C20H14F3N5O/c1-12-9-16(14-6-2-3-7-15(14)20(21,22)23)27-28-17(11-25-18(12)28)19(29)26-13-5-4-8-24-10-13/h2-11H,1H3,(H,26,29). The number of nitrogens with zero attached hydrogens (tertiary/aromatic N) is 4. The maximum Gasteiger partial charge on any atom is 0.417 e. The van der Waals surface area contributed by atoms with Gasteiger partial charge in [-0.25, -0.2) is 9.50 Å². The number of alkyl halides is 3. The minimum absolute atomic E-state index is 0.0719. The number of rotatable bonds is 3. The molecule has 4 aromatic rings. The first-order chi connectivity index (χ1) is 13.8. The Morgan fingerprint density at radius 3 is 2.62 bits per heavy atom. The molecule has 0 saturated heterocycles. The summed E-state index contributed by atoms with van der Waals surface area (Å²) in [6.07, 6.45) is -0.152. The fourth-order valence-corrected chi connectivity index (χ4v) is 2.99. The molecule has 9 heteroatoms. The van der Waals surface area contributed by atoms with Crippen LogP contribution in [0.3, 0.4) is 0 Å². The van der Waals surface area contributed by atoms with E-state index in [-0.39, 0.29) is 17.0 Å². The van der Waals surface area contributed by atoms with Crippen LogP contribution in [0, 0.1) is 6.92 Å². The highest BCUT2D eigenvalue weighted by Crippen LogP contribution is 2.36. The number of anilines is 1. The highest BCUT2D eigenvalue weighted by Gasteiger charge is 2.34. The van der Waals surface area contributed by atoms with Crippen molar-refractivity contribution in [3.8, 4) is 11.3 Å². The van der Waals surface area contributed by atoms with Gasteiger partial charge >= 0.3 is 6.18 Å². The van der Waals surface area contributed by atoms with Crippen molar-refractivity contribution in [1.29, 1.82) is 0 Å². The van der Waals surface area contributed by atoms with Gasteiger partial charge in [0.2, 0.25) is 0 Å². The average molecular weight is 397 g/mol. The number of carbonyl (C=O) groups is 1. The number of imidazole rings is 1. The molecular weight excluding hydrogens is 383 g/mol. The third-order valence-electron chi connectivity index (χ3n) is 4.31. The molecule has 3 heterocycles. The zero-order valence-electron chi connectivity index (χ0n) is 15.1. The summed E-state index contributed by atoms with van der Waals surface area (Å²) in [5.74, 6) is -0.501. The van der Waals surface area contributed by atoms with Gasteiger partial charge in [-0.1, -0.05) is 18.2 Å². The maximum atomic E-state index is 13.4. The molecule has 0 spiro atoms. The van der Waals surface area contributed by atoms with E-state index in [2.05, 4.69) is 20.4 Å². The van der Waals surface area contributed by atoms with Crippen LogP contribution in [0.5, 0.6) is 0 Å². The maximum absolute atomic E-state index is 13.4. The molecule has 1 N–H and O–H groups in total. The quantitative estimate of drug-likeness (QED) is 0.557. The zero-order chi connectivity index (χ0) is 20.6. The molecule has 0 radical (unpaired) electrons. The monoisotopic (exact) mass is 397 g/mol. The number of pyridine rings is 1. The molecule has 1 aromatic carbocycles. The molecule has 3 aromatic heterocycles. The second-order valence-corrected chi connectivity index (χ2v) is 6.33. The van der Waals surface area contributed by atoms with E-state index in [0.717, 1.165) is 6.07 Å². The minimum Gasteiger partial charge on any atom is -0.319 e. The fourth-order valence-electron chi connectivity index (χ4n) is 2.99. The Labute approximate surface area is 163 Å². The molecule has 29 heavy (non-hydrogen) atoms. The Balaban J connectivity index is 1.82. The van der Waals surface area contributed by atoms with E-state index in [1.807, 2.05) is 0 Å². The van der Waals surface area contributed by atoms with Crippen LogP contribution < -0.4 is 5.32 Å². The Morgan fingerprint density at radius 1 is 1.10 bits per heavy atom. The Kier molecular flexibility index (Phi) is 4.50. The summed E-state index contributed by atoms with van der Waals surface area (Å²) in [4.78, 5) is 20.8. The summed E-state index contributed by atoms with van der Waals surface area (Å²) in [6, 6.07) is 10.0. The summed E-state index contributed by atoms with van der Waals surface area (Å²) in [5.41, 5.74) is 0.768. The molecule has 0 saturated carbocycles. The topological polar surface area (TPSA) is 72.2 Å². The van der Waals surface area contributed by atoms with Gasteiger partial charge in [0, 0.05) is 11.8 Å². The molecule has 1 amide bonds. The van der Waals surface area contributed by atoms with Crippen molar-refractivity contribution in [2.45, 2.75) is 13.1 Å². The third-order valence-corrected chi connectivity index (χ3v) is 4.31. The van der Waals surface area contributed by atoms with Crippen molar-refractivity contribution in [2.75, 3.05) is 5.32 Å². The van der Waals surface area contributed by atoms with Crippen molar-refractivity contribution in [3.63, 3.8) is 0 Å². The predicted molar refractivity (Wildman–Crippen MR) is 100 cm³/mol. The van der Waals surface area contributed by atoms with Gasteiger partial charge < -0.3 is 5.32 Å². The molecular formula is C20H14F3N5O. The first-order valence-electron chi connectivity index (χ1n) is 8.58. The minimum atomic E-state index is -4.53. The lowest BCUT2D eigenvalue weighted by molar-refractivity contribution is -0.137. The van der Waals surface area contributed by atoms with Crippen molar-refractivity contribution in [3.05, 3.63) is 77.9 Å². The largest absolute Gasteiger partial charge is 0.417 e. The van der Waals surface area contributed by atoms with E-state index >= 15 is 0 Å². The van der Waals surface area contributed by atoms with Crippen LogP contribution in [0.1, 0.15) is 21.6 Å². The smallest absolute Gasteiger partial charge is 0.319 e. The second-order valence-electron chi connectivity index (χ2n) is 6.33. The van der Waals surface area contributed by atoms with E-state index in [1.165, 1.54) is 41.2 Å². The summed E-state index contributed by atoms with van der Waals surface area (Å²) in [7, 11) is 0. The summed E-state index contributed by atoms with van der Waals surface area (Å²) >= 11 is 0. The van der Waals surface area contributed by atoms with E-state index in [1.54, 1.807) is 25.3 Å². The number of hydrogen-bond donors (Lipinski definition) is 1. The number of fused-ring (bicyclic) bond motifs is 1. The van der Waals surface area contributed by atoms with Crippen molar-refractivity contribution < 1.29 is 18.0 Å². The van der Waals surface area contributed by atoms with Crippen LogP contribution in [-0.2, 0) is 6.18 Å². The van der Waals surface area contributed by atoms with E-state index < -0.39 is 17.6 Å². The number of nitrogens with one attached hydrogen (secondary N) is 1. The molecule has 146 valence electrons. The van der Waals surface area contributed by atoms with Gasteiger partial charge in [-0.3, -0.25) is 9.78 Å². The van der Waals surface area contributed by atoms with Crippen LogP contribution in [0.15, 0.2) is 61.1 Å². The number of aryl methyl sites for hydroxylation is 1. The van der Waals surface area contributed by atoms with Crippen molar-refractivity contribution in [1.82, 2.24) is 19.6 Å². The van der Waals surface area contributed by atoms with Crippen LogP contribution in [0.25, 0.3) is 16.9 Å². The molecule has 0 fully saturated rings. The normalized spacial score (nSPS) is 11.6. The number of amides is 1. The third kappa shape index (κ3) is 3.54. The van der Waals surface area contributed by atoms with Gasteiger partial charge in [0.25, 0.3) is 5.91 Å². The summed E-state index contributed by atoms with van der Waals surface area (Å²) in [5, 5.41) is 6.95. The van der Waals surface area contributed by atoms with Crippen LogP contribution >= 0.6 is 0 Å². The summed E-state index contributed by atoms with van der Waals surface area (Å²) in [6.45, 7) is 1.70. The zero-order valence-corrected chi connectivity index (χ0v) is 15.1. The van der Waals surface area contributed by atoms with Crippen molar-refractivity contribution >= 4 is 17.2 Å². The lowest BCUT2D eigenvalue weighted by Crippen LogP contribution is -2.16. The first kappa shape index (κ1) is 18.6. The van der Waals surface area contributed by atoms with Crippen LogP contribution in [0.4, 0.5) is 18.9 Å². The number of benzene rings is 1. The predicted octanol–water partition coefficient (Wildman–Crippen LogP) is 4.37. The van der Waals surface area contributed by atoms with E-state index in [4.69, 9.17) is 0 Å². The SMILES string of the molecule is Cc1cc(-c2ccccc2C(F)(F)F)nn2c(C(=O)Nc3cccnc3)cnc12. The molecule has 6 nitrogen and oxygen atoms in total. The number of halogens is 3. The van der Waals surface area contributed by atoms with Crippen LogP contribution in [-0.4, -0.2) is 25.5 Å². The fraction of sp³-hybridized carbons (Fsp3) is 0.100. The highest BCUT2D eigenvalue weighted by molar-refractivity contribution is 6.03. The number of aromatic nitrogens is 4. The summed E-state index contributed by atoms with van der Waals surface area (Å²) < 4.78 is 41.5. The highest BCUT2D eigenvalue weighted by atomic mass is 19.4. The Hall–Kier alpha value is -3.75. The van der Waals surface area contributed by atoms with Gasteiger partial charge in [0.1, 0.15) is 0 Å². The van der Waals surface area contributed by atoms with Gasteiger partial charge in [-0.05, 0) is 36.8 Å². The van der Waals surface area contributed by atoms with Crippen LogP contribution in [0.2, 0.25) is 0 Å². The van der Waals surface area contributed by atoms with Gasteiger partial charge in [-0.15, -0.1) is 0 Å². The van der Waals surface area contributed by atoms with Gasteiger partial charge in [-0.2, -0.15) is 18.3 Å². The molecule has 0 atom stereocenters. The molecule has 0 bridgehead atoms. The molecule has 0 aliphatic heterocycles. The molecule has 4 rings (SSSR count). The molecule has 0 aliphatic carbocycles. The lowest BCUT2D eigenvalue weighted by atomic mass is 10.0. The Bertz CT molecular complexity index is 1200. The molecule has 0 unspecified atom stereocenters.